The predicted molar refractivity (Wildman–Crippen MR) is 105 cm³/mol. The van der Waals surface area contributed by atoms with Crippen LogP contribution in [0.3, 0.4) is 0 Å². The van der Waals surface area contributed by atoms with Crippen molar-refractivity contribution >= 4 is 0 Å². The van der Waals surface area contributed by atoms with Gasteiger partial charge in [0.15, 0.2) is 0 Å². The summed E-state index contributed by atoms with van der Waals surface area (Å²) in [4.78, 5) is 0. The number of rotatable bonds is 3. The van der Waals surface area contributed by atoms with E-state index in [1.54, 1.807) is 11.1 Å². The fourth-order valence-electron chi connectivity index (χ4n) is 7.37. The second-order valence-corrected chi connectivity index (χ2v) is 9.51. The van der Waals surface area contributed by atoms with Gasteiger partial charge >= 0.3 is 0 Å². The lowest BCUT2D eigenvalue weighted by Gasteiger charge is -2.56. The maximum absolute atomic E-state index is 11.2. The van der Waals surface area contributed by atoms with Gasteiger partial charge in [0.05, 0.1) is 6.10 Å². The van der Waals surface area contributed by atoms with Gasteiger partial charge in [-0.05, 0) is 81.5 Å². The normalized spacial score (nSPS) is 47.5. The van der Waals surface area contributed by atoms with Gasteiger partial charge in [-0.15, -0.1) is 13.0 Å². The first-order valence-electron chi connectivity index (χ1n) is 10.5. The average Bonchev–Trinajstić information content (AvgIpc) is 2.92. The summed E-state index contributed by atoms with van der Waals surface area (Å²) in [5.74, 6) is 5.29. The van der Waals surface area contributed by atoms with Crippen molar-refractivity contribution in [3.63, 3.8) is 0 Å². The Kier molecular flexibility index (Phi) is 4.61. The van der Waals surface area contributed by atoms with Gasteiger partial charge in [0.2, 0.25) is 0 Å². The Morgan fingerprint density at radius 1 is 1.35 bits per heavy atom. The lowest BCUT2D eigenvalue weighted by molar-refractivity contribution is -0.0928. The van der Waals surface area contributed by atoms with Crippen molar-refractivity contribution in [2.75, 3.05) is 7.11 Å². The Bertz CT molecular complexity index is 656. The van der Waals surface area contributed by atoms with E-state index in [1.165, 1.54) is 19.3 Å². The van der Waals surface area contributed by atoms with Gasteiger partial charge in [-0.2, -0.15) is 0 Å². The van der Waals surface area contributed by atoms with E-state index in [0.717, 1.165) is 38.5 Å². The third kappa shape index (κ3) is 2.47. The summed E-state index contributed by atoms with van der Waals surface area (Å²) in [6, 6.07) is 0. The van der Waals surface area contributed by atoms with Crippen LogP contribution in [0.1, 0.15) is 64.7 Å². The fourth-order valence-corrected chi connectivity index (χ4v) is 7.37. The molecule has 0 spiro atoms. The zero-order chi connectivity index (χ0) is 18.5. The van der Waals surface area contributed by atoms with Crippen LogP contribution in [0.4, 0.5) is 0 Å². The van der Waals surface area contributed by atoms with Crippen LogP contribution in [0.25, 0.3) is 0 Å². The maximum atomic E-state index is 11.2. The third-order valence-corrected chi connectivity index (χ3v) is 8.64. The Hall–Kier alpha value is -1.04. The van der Waals surface area contributed by atoms with Gasteiger partial charge in [0, 0.05) is 12.5 Å². The molecule has 26 heavy (non-hydrogen) atoms. The second-order valence-electron chi connectivity index (χ2n) is 9.51. The van der Waals surface area contributed by atoms with E-state index in [9.17, 15) is 5.11 Å². The highest BCUT2D eigenvalue weighted by Gasteiger charge is 2.63. The van der Waals surface area contributed by atoms with Crippen molar-refractivity contribution in [3.05, 3.63) is 23.8 Å². The van der Waals surface area contributed by atoms with E-state index in [-0.39, 0.29) is 5.41 Å². The van der Waals surface area contributed by atoms with Crippen molar-refractivity contribution in [1.29, 1.82) is 0 Å². The van der Waals surface area contributed by atoms with Gasteiger partial charge in [-0.3, -0.25) is 0 Å². The zero-order valence-electron chi connectivity index (χ0n) is 16.5. The predicted octanol–water partition coefficient (Wildman–Crippen LogP) is 4.88. The van der Waals surface area contributed by atoms with E-state index in [1.807, 2.05) is 7.11 Å². The third-order valence-electron chi connectivity index (χ3n) is 8.64. The quantitative estimate of drug-likeness (QED) is 0.578. The molecular weight excluding hydrogens is 320 g/mol. The van der Waals surface area contributed by atoms with Crippen molar-refractivity contribution in [2.24, 2.45) is 29.1 Å². The summed E-state index contributed by atoms with van der Waals surface area (Å²) < 4.78 is 5.67. The Morgan fingerprint density at radius 3 is 2.85 bits per heavy atom. The van der Waals surface area contributed by atoms with Crippen molar-refractivity contribution in [3.8, 4) is 12.3 Å². The monoisotopic (exact) mass is 354 g/mol. The van der Waals surface area contributed by atoms with Crippen molar-refractivity contribution in [2.45, 2.75) is 76.4 Å². The van der Waals surface area contributed by atoms with Crippen LogP contribution in [-0.4, -0.2) is 23.9 Å². The molecule has 0 radical (unpaired) electrons. The first-order chi connectivity index (χ1) is 12.5. The summed E-state index contributed by atoms with van der Waals surface area (Å²) in [6.07, 6.45) is 18.2. The molecule has 0 amide bonds. The van der Waals surface area contributed by atoms with E-state index in [0.29, 0.717) is 29.8 Å². The molecule has 2 saturated carbocycles. The molecule has 0 saturated heterocycles. The number of allylic oxidation sites excluding steroid dienone is 2. The summed E-state index contributed by atoms with van der Waals surface area (Å²) in [5.41, 5.74) is 2.37. The average molecular weight is 355 g/mol. The summed E-state index contributed by atoms with van der Waals surface area (Å²) in [6.45, 7) is 6.33. The lowest BCUT2D eigenvalue weighted by Crippen LogP contribution is -2.54. The van der Waals surface area contributed by atoms with Crippen LogP contribution < -0.4 is 0 Å². The van der Waals surface area contributed by atoms with E-state index >= 15 is 0 Å². The van der Waals surface area contributed by atoms with Gasteiger partial charge in [-0.1, -0.05) is 30.1 Å². The second kappa shape index (κ2) is 6.54. The molecule has 0 aromatic carbocycles. The van der Waals surface area contributed by atoms with Crippen LogP contribution in [0.5, 0.6) is 0 Å². The number of fused-ring (bicyclic) bond motifs is 4. The minimum absolute atomic E-state index is 0.140. The highest BCUT2D eigenvalue weighted by atomic mass is 16.5. The van der Waals surface area contributed by atoms with E-state index in [4.69, 9.17) is 11.2 Å². The molecule has 4 rings (SSSR count). The summed E-state index contributed by atoms with van der Waals surface area (Å²) in [5, 5.41) is 11.2. The molecule has 2 nitrogen and oxygen atoms in total. The Balaban J connectivity index is 1.72. The molecule has 142 valence electrons. The summed E-state index contributed by atoms with van der Waals surface area (Å²) >= 11 is 0. The smallest absolute Gasteiger partial charge is 0.130 e. The van der Waals surface area contributed by atoms with Crippen LogP contribution in [0.15, 0.2) is 23.8 Å². The van der Waals surface area contributed by atoms with Gasteiger partial charge < -0.3 is 9.84 Å². The number of hydrogen-bond donors (Lipinski definition) is 1. The van der Waals surface area contributed by atoms with Crippen molar-refractivity contribution < 1.29 is 9.84 Å². The molecule has 7 atom stereocenters. The number of terminal acetylenes is 1. The van der Waals surface area contributed by atoms with Gasteiger partial charge in [0.1, 0.15) is 5.60 Å². The molecular formula is C24H34O2. The molecule has 2 heteroatoms. The van der Waals surface area contributed by atoms with Crippen LogP contribution in [0, 0.1) is 41.4 Å². The number of aliphatic hydroxyl groups is 1. The van der Waals surface area contributed by atoms with Crippen LogP contribution in [0.2, 0.25) is 0 Å². The van der Waals surface area contributed by atoms with E-state index in [2.05, 4.69) is 25.5 Å². The first-order valence-corrected chi connectivity index (χ1v) is 10.5. The SMILES string of the molecule is C#CC1(O)CCC2C3CCC4=C(CCC(OC)C4)C3C(CC=C)CC21C. The molecule has 0 aromatic rings. The molecule has 0 aliphatic heterocycles. The minimum atomic E-state index is -0.926. The molecule has 0 aromatic heterocycles. The Labute approximate surface area is 159 Å². The topological polar surface area (TPSA) is 29.5 Å². The van der Waals surface area contributed by atoms with E-state index < -0.39 is 5.60 Å². The number of methoxy groups -OCH3 is 1. The molecule has 4 aliphatic carbocycles. The molecule has 0 heterocycles. The fraction of sp³-hybridized carbons (Fsp3) is 0.750. The van der Waals surface area contributed by atoms with Crippen LogP contribution >= 0.6 is 0 Å². The van der Waals surface area contributed by atoms with Crippen LogP contribution in [-0.2, 0) is 4.74 Å². The summed E-state index contributed by atoms with van der Waals surface area (Å²) in [7, 11) is 1.85. The molecule has 7 unspecified atom stereocenters. The highest BCUT2D eigenvalue weighted by Crippen LogP contribution is 2.66. The molecule has 2 fully saturated rings. The highest BCUT2D eigenvalue weighted by molar-refractivity contribution is 5.31. The molecule has 0 bridgehead atoms. The number of hydrogen-bond acceptors (Lipinski definition) is 2. The van der Waals surface area contributed by atoms with Crippen molar-refractivity contribution in [1.82, 2.24) is 0 Å². The van der Waals surface area contributed by atoms with Gasteiger partial charge in [-0.25, -0.2) is 0 Å². The molecule has 4 aliphatic rings. The largest absolute Gasteiger partial charge is 0.381 e. The number of ether oxygens (including phenoxy) is 1. The first kappa shape index (κ1) is 18.3. The standard InChI is InChI=1S/C24H34O2/c1-5-7-17-15-23(3)21(12-13-24(23,25)6-2)20-10-8-16-14-18(26-4)9-11-19(16)22(17)20/h2,5,17-18,20-22,25H,1,7-15H2,3-4H3. The maximum Gasteiger partial charge on any atom is 0.130 e. The molecule has 1 N–H and O–H groups in total. The Morgan fingerprint density at radius 2 is 2.15 bits per heavy atom. The lowest BCUT2D eigenvalue weighted by atomic mass is 9.49. The zero-order valence-corrected chi connectivity index (χ0v) is 16.5. The van der Waals surface area contributed by atoms with Gasteiger partial charge in [0.25, 0.3) is 0 Å². The minimum Gasteiger partial charge on any atom is -0.381 e.